The summed E-state index contributed by atoms with van der Waals surface area (Å²) in [5, 5.41) is 7.25. The van der Waals surface area contributed by atoms with Crippen LogP contribution < -0.4 is 0 Å². The van der Waals surface area contributed by atoms with Gasteiger partial charge in [0.25, 0.3) is 0 Å². The minimum Gasteiger partial charge on any atom is -0.456 e. The second-order valence-corrected chi connectivity index (χ2v) is 10.00. The summed E-state index contributed by atoms with van der Waals surface area (Å²) in [5.74, 6) is 0. The van der Waals surface area contributed by atoms with Crippen LogP contribution in [-0.2, 0) is 0 Å². The molecule has 4 heterocycles. The molecule has 0 aliphatic carbocycles. The SMILES string of the molecule is c1ccc(-c2ccc3oc4cc5c6ccccc6n6c7ccc(-c8ccccn8)cc7c(c4c3c2)c56)cc1. The Kier molecular flexibility index (Phi) is 3.79. The van der Waals surface area contributed by atoms with Crippen molar-refractivity contribution in [1.29, 1.82) is 0 Å². The molecule has 3 heteroatoms. The lowest BCUT2D eigenvalue weighted by molar-refractivity contribution is 0.669. The third-order valence-electron chi connectivity index (χ3n) is 7.97. The largest absolute Gasteiger partial charge is 0.456 e. The Morgan fingerprint density at radius 1 is 0.500 bits per heavy atom. The molecule has 0 bridgehead atoms. The highest BCUT2D eigenvalue weighted by Crippen LogP contribution is 2.46. The Balaban J connectivity index is 1.50. The van der Waals surface area contributed by atoms with E-state index < -0.39 is 0 Å². The summed E-state index contributed by atoms with van der Waals surface area (Å²) in [6.07, 6.45) is 1.85. The minimum absolute atomic E-state index is 0.911. The van der Waals surface area contributed by atoms with Gasteiger partial charge in [0.2, 0.25) is 0 Å². The average Bonchev–Trinajstić information content (AvgIpc) is 3.63. The molecule has 0 atom stereocenters. The molecule has 5 aromatic carbocycles. The van der Waals surface area contributed by atoms with Crippen LogP contribution in [0.25, 0.3) is 82.4 Å². The maximum atomic E-state index is 6.54. The molecule has 9 rings (SSSR count). The van der Waals surface area contributed by atoms with Crippen LogP contribution >= 0.6 is 0 Å². The van der Waals surface area contributed by atoms with Crippen molar-refractivity contribution in [3.8, 4) is 22.4 Å². The summed E-state index contributed by atoms with van der Waals surface area (Å²) in [6.45, 7) is 0. The van der Waals surface area contributed by atoms with Gasteiger partial charge < -0.3 is 8.82 Å². The Labute approximate surface area is 217 Å². The van der Waals surface area contributed by atoms with Gasteiger partial charge in [-0.3, -0.25) is 4.98 Å². The molecule has 0 N–H and O–H groups in total. The maximum Gasteiger partial charge on any atom is 0.136 e. The number of benzene rings is 5. The van der Waals surface area contributed by atoms with E-state index in [-0.39, 0.29) is 0 Å². The number of fused-ring (bicyclic) bond motifs is 10. The molecular formula is C35H20N2O. The van der Waals surface area contributed by atoms with Crippen molar-refractivity contribution in [2.75, 3.05) is 0 Å². The van der Waals surface area contributed by atoms with Gasteiger partial charge in [-0.15, -0.1) is 0 Å². The van der Waals surface area contributed by atoms with Crippen molar-refractivity contribution in [3.05, 3.63) is 121 Å². The minimum atomic E-state index is 0.911. The second-order valence-electron chi connectivity index (χ2n) is 10.00. The first-order chi connectivity index (χ1) is 18.8. The molecule has 0 aliphatic rings. The molecule has 0 aliphatic heterocycles. The standard InChI is InChI=1S/C35H20N2O/c1-2-8-21(9-3-1)22-14-16-31-27(18-22)33-32(38-31)20-25-24-10-4-5-12-29(24)37-30-15-13-23(28-11-6-7-17-36-28)19-26(30)34(33)35(25)37/h1-20H. The smallest absolute Gasteiger partial charge is 0.136 e. The highest BCUT2D eigenvalue weighted by atomic mass is 16.3. The lowest BCUT2D eigenvalue weighted by atomic mass is 9.98. The van der Waals surface area contributed by atoms with Gasteiger partial charge in [-0.25, -0.2) is 0 Å². The summed E-state index contributed by atoms with van der Waals surface area (Å²) in [6, 6.07) is 40.8. The van der Waals surface area contributed by atoms with Crippen LogP contribution in [-0.4, -0.2) is 9.38 Å². The molecule has 0 amide bonds. The van der Waals surface area contributed by atoms with E-state index in [1.165, 1.54) is 54.6 Å². The average molecular weight is 485 g/mol. The third kappa shape index (κ3) is 2.55. The maximum absolute atomic E-state index is 6.54. The van der Waals surface area contributed by atoms with Crippen LogP contribution in [0.5, 0.6) is 0 Å². The van der Waals surface area contributed by atoms with E-state index in [4.69, 9.17) is 4.42 Å². The van der Waals surface area contributed by atoms with E-state index in [1.807, 2.05) is 18.3 Å². The van der Waals surface area contributed by atoms with E-state index in [0.717, 1.165) is 27.8 Å². The molecule has 0 fully saturated rings. The van der Waals surface area contributed by atoms with Crippen molar-refractivity contribution >= 4 is 60.0 Å². The van der Waals surface area contributed by atoms with E-state index in [2.05, 4.69) is 113 Å². The topological polar surface area (TPSA) is 30.4 Å². The molecule has 9 aromatic rings. The van der Waals surface area contributed by atoms with Gasteiger partial charge >= 0.3 is 0 Å². The molecule has 4 aromatic heterocycles. The summed E-state index contributed by atoms with van der Waals surface area (Å²) in [4.78, 5) is 4.63. The van der Waals surface area contributed by atoms with Crippen LogP contribution in [0.3, 0.4) is 0 Å². The van der Waals surface area contributed by atoms with Gasteiger partial charge in [-0.05, 0) is 59.7 Å². The van der Waals surface area contributed by atoms with Gasteiger partial charge in [-0.2, -0.15) is 0 Å². The molecular weight excluding hydrogens is 464 g/mol. The number of furan rings is 1. The number of aromatic nitrogens is 2. The molecule has 176 valence electrons. The lowest BCUT2D eigenvalue weighted by Gasteiger charge is -2.03. The number of para-hydroxylation sites is 1. The van der Waals surface area contributed by atoms with Gasteiger partial charge in [0.05, 0.1) is 22.2 Å². The Morgan fingerprint density at radius 2 is 1.29 bits per heavy atom. The van der Waals surface area contributed by atoms with Crippen LogP contribution in [0.2, 0.25) is 0 Å². The summed E-state index contributed by atoms with van der Waals surface area (Å²) >= 11 is 0. The number of nitrogens with zero attached hydrogens (tertiary/aromatic N) is 2. The first-order valence-corrected chi connectivity index (χ1v) is 12.9. The van der Waals surface area contributed by atoms with Crippen molar-refractivity contribution in [1.82, 2.24) is 9.38 Å². The Hall–Kier alpha value is -5.15. The molecule has 0 radical (unpaired) electrons. The molecule has 0 saturated heterocycles. The second kappa shape index (κ2) is 7.21. The Bertz CT molecular complexity index is 2330. The molecule has 0 saturated carbocycles. The van der Waals surface area contributed by atoms with Crippen molar-refractivity contribution < 1.29 is 4.42 Å². The van der Waals surface area contributed by atoms with Crippen LogP contribution in [0.15, 0.2) is 126 Å². The number of hydrogen-bond acceptors (Lipinski definition) is 2. The summed E-state index contributed by atoms with van der Waals surface area (Å²) in [7, 11) is 0. The normalized spacial score (nSPS) is 12.2. The van der Waals surface area contributed by atoms with Gasteiger partial charge in [0.1, 0.15) is 11.2 Å². The Morgan fingerprint density at radius 3 is 2.18 bits per heavy atom. The molecule has 3 nitrogen and oxygen atoms in total. The van der Waals surface area contributed by atoms with E-state index in [0.29, 0.717) is 0 Å². The van der Waals surface area contributed by atoms with Crippen LogP contribution in [0, 0.1) is 0 Å². The fraction of sp³-hybridized carbons (Fsp3) is 0. The van der Waals surface area contributed by atoms with E-state index in [9.17, 15) is 0 Å². The van der Waals surface area contributed by atoms with Gasteiger partial charge in [0.15, 0.2) is 0 Å². The third-order valence-corrected chi connectivity index (χ3v) is 7.97. The number of rotatable bonds is 2. The van der Waals surface area contributed by atoms with Crippen LogP contribution in [0.4, 0.5) is 0 Å². The molecule has 0 spiro atoms. The highest BCUT2D eigenvalue weighted by Gasteiger charge is 2.23. The first-order valence-electron chi connectivity index (χ1n) is 12.9. The van der Waals surface area contributed by atoms with E-state index in [1.54, 1.807) is 0 Å². The zero-order chi connectivity index (χ0) is 24.8. The number of hydrogen-bond donors (Lipinski definition) is 0. The van der Waals surface area contributed by atoms with Crippen molar-refractivity contribution in [2.45, 2.75) is 0 Å². The zero-order valence-electron chi connectivity index (χ0n) is 20.3. The number of pyridine rings is 1. The molecule has 0 unspecified atom stereocenters. The fourth-order valence-corrected chi connectivity index (χ4v) is 6.33. The quantitative estimate of drug-likeness (QED) is 0.245. The van der Waals surface area contributed by atoms with Crippen molar-refractivity contribution in [3.63, 3.8) is 0 Å². The van der Waals surface area contributed by atoms with Crippen molar-refractivity contribution in [2.24, 2.45) is 0 Å². The zero-order valence-corrected chi connectivity index (χ0v) is 20.3. The predicted octanol–water partition coefficient (Wildman–Crippen LogP) is 9.47. The van der Waals surface area contributed by atoms with Gasteiger partial charge in [0, 0.05) is 44.1 Å². The summed E-state index contributed by atoms with van der Waals surface area (Å²) in [5.41, 5.74) is 9.98. The highest BCUT2D eigenvalue weighted by molar-refractivity contribution is 6.35. The molecule has 38 heavy (non-hydrogen) atoms. The van der Waals surface area contributed by atoms with Crippen LogP contribution in [0.1, 0.15) is 0 Å². The van der Waals surface area contributed by atoms with Gasteiger partial charge in [-0.1, -0.05) is 66.7 Å². The van der Waals surface area contributed by atoms with E-state index >= 15 is 0 Å². The lowest BCUT2D eigenvalue weighted by Crippen LogP contribution is -1.83. The summed E-state index contributed by atoms with van der Waals surface area (Å²) < 4.78 is 8.97. The fourth-order valence-electron chi connectivity index (χ4n) is 6.33. The predicted molar refractivity (Wildman–Crippen MR) is 157 cm³/mol. The first kappa shape index (κ1) is 20.0. The monoisotopic (exact) mass is 484 g/mol.